The van der Waals surface area contributed by atoms with Gasteiger partial charge in [0.1, 0.15) is 0 Å². The zero-order valence-corrected chi connectivity index (χ0v) is 12.9. The number of nitrogens with one attached hydrogen (secondary N) is 1. The predicted molar refractivity (Wildman–Crippen MR) is 83.3 cm³/mol. The number of amides is 1. The van der Waals surface area contributed by atoms with Crippen LogP contribution >= 0.6 is 0 Å². The summed E-state index contributed by atoms with van der Waals surface area (Å²) in [5.74, 6) is 0.140. The van der Waals surface area contributed by atoms with Crippen LogP contribution in [0.15, 0.2) is 18.2 Å². The summed E-state index contributed by atoms with van der Waals surface area (Å²) >= 11 is 0. The molecule has 1 saturated heterocycles. The van der Waals surface area contributed by atoms with Gasteiger partial charge in [0.05, 0.1) is 5.56 Å². The van der Waals surface area contributed by atoms with E-state index in [4.69, 9.17) is 0 Å². The summed E-state index contributed by atoms with van der Waals surface area (Å²) in [7, 11) is 2.11. The van der Waals surface area contributed by atoms with Crippen LogP contribution in [-0.2, 0) is 0 Å². The molecule has 0 aliphatic carbocycles. The number of hydrogen-bond acceptors (Lipinski definition) is 3. The molecule has 1 fully saturated rings. The van der Waals surface area contributed by atoms with Crippen LogP contribution in [-0.4, -0.2) is 55.0 Å². The molecule has 20 heavy (non-hydrogen) atoms. The number of likely N-dealkylation sites (N-methyl/N-ethyl adjacent to an activating group) is 1. The van der Waals surface area contributed by atoms with Crippen LogP contribution in [0.2, 0.25) is 0 Å². The summed E-state index contributed by atoms with van der Waals surface area (Å²) < 4.78 is 0. The second-order valence-corrected chi connectivity index (χ2v) is 5.66. The molecule has 110 valence electrons. The molecule has 1 aliphatic rings. The lowest BCUT2D eigenvalue weighted by molar-refractivity contribution is 0.0573. The molecule has 1 aromatic rings. The van der Waals surface area contributed by atoms with Crippen molar-refractivity contribution in [1.29, 1.82) is 0 Å². The highest BCUT2D eigenvalue weighted by Crippen LogP contribution is 2.21. The number of carbonyl (C=O) groups excluding carboxylic acids is 1. The van der Waals surface area contributed by atoms with Gasteiger partial charge >= 0.3 is 0 Å². The van der Waals surface area contributed by atoms with Crippen molar-refractivity contribution in [3.8, 4) is 0 Å². The Morgan fingerprint density at radius 1 is 1.40 bits per heavy atom. The number of benzene rings is 1. The first kappa shape index (κ1) is 14.9. The van der Waals surface area contributed by atoms with Crippen molar-refractivity contribution in [2.75, 3.05) is 38.5 Å². The van der Waals surface area contributed by atoms with Gasteiger partial charge in [0.15, 0.2) is 0 Å². The average Bonchev–Trinajstić information content (AvgIpc) is 2.42. The highest BCUT2D eigenvalue weighted by atomic mass is 16.2. The number of anilines is 1. The van der Waals surface area contributed by atoms with E-state index in [-0.39, 0.29) is 5.91 Å². The molecule has 1 aromatic carbocycles. The van der Waals surface area contributed by atoms with Crippen molar-refractivity contribution in [2.24, 2.45) is 0 Å². The lowest BCUT2D eigenvalue weighted by atomic mass is 10.1. The van der Waals surface area contributed by atoms with Gasteiger partial charge in [-0.15, -0.1) is 0 Å². The van der Waals surface area contributed by atoms with E-state index < -0.39 is 0 Å². The number of hydrogen-bond donors (Lipinski definition) is 1. The second-order valence-electron chi connectivity index (χ2n) is 5.66. The number of nitrogens with zero attached hydrogens (tertiary/aromatic N) is 2. The van der Waals surface area contributed by atoms with E-state index in [0.717, 1.165) is 37.4 Å². The van der Waals surface area contributed by atoms with E-state index in [1.807, 2.05) is 24.0 Å². The van der Waals surface area contributed by atoms with Gasteiger partial charge in [-0.1, -0.05) is 6.07 Å². The Kier molecular flexibility index (Phi) is 4.65. The minimum atomic E-state index is 0.140. The topological polar surface area (TPSA) is 35.6 Å². The van der Waals surface area contributed by atoms with Gasteiger partial charge in [0.2, 0.25) is 0 Å². The van der Waals surface area contributed by atoms with Gasteiger partial charge < -0.3 is 15.1 Å². The van der Waals surface area contributed by atoms with Crippen molar-refractivity contribution >= 4 is 11.6 Å². The zero-order valence-electron chi connectivity index (χ0n) is 12.9. The lowest BCUT2D eigenvalue weighted by Gasteiger charge is -2.38. The molecule has 4 nitrogen and oxygen atoms in total. The first-order valence-corrected chi connectivity index (χ1v) is 7.37. The zero-order chi connectivity index (χ0) is 14.7. The maximum Gasteiger partial charge on any atom is 0.256 e. The van der Waals surface area contributed by atoms with Crippen LogP contribution in [0, 0.1) is 6.92 Å². The van der Waals surface area contributed by atoms with Crippen LogP contribution in [0.25, 0.3) is 0 Å². The minimum absolute atomic E-state index is 0.140. The van der Waals surface area contributed by atoms with Crippen LogP contribution in [0.4, 0.5) is 5.69 Å². The summed E-state index contributed by atoms with van der Waals surface area (Å²) in [6.45, 7) is 9.63. The fourth-order valence-electron chi connectivity index (χ4n) is 2.58. The van der Waals surface area contributed by atoms with Crippen molar-refractivity contribution in [3.05, 3.63) is 29.3 Å². The summed E-state index contributed by atoms with van der Waals surface area (Å²) in [6, 6.07) is 6.42. The molecule has 2 rings (SSSR count). The van der Waals surface area contributed by atoms with Gasteiger partial charge in [0, 0.05) is 37.9 Å². The summed E-state index contributed by atoms with van der Waals surface area (Å²) in [5.41, 5.74) is 2.91. The van der Waals surface area contributed by atoms with Crippen LogP contribution in [0.5, 0.6) is 0 Å². The first-order valence-electron chi connectivity index (χ1n) is 7.37. The lowest BCUT2D eigenvalue weighted by Crippen LogP contribution is -2.52. The third kappa shape index (κ3) is 3.12. The second kappa shape index (κ2) is 6.27. The predicted octanol–water partition coefficient (Wildman–Crippen LogP) is 2.20. The maximum absolute atomic E-state index is 12.7. The normalized spacial score (nSPS) is 20.0. The Hall–Kier alpha value is -1.55. The third-order valence-electron chi connectivity index (χ3n) is 4.02. The van der Waals surface area contributed by atoms with Crippen molar-refractivity contribution in [3.63, 3.8) is 0 Å². The van der Waals surface area contributed by atoms with E-state index in [1.165, 1.54) is 5.56 Å². The SMILES string of the molecule is CCNc1cc(C)ccc1C(=O)N1CCN(C)C(C)C1. The Morgan fingerprint density at radius 3 is 2.80 bits per heavy atom. The first-order chi connectivity index (χ1) is 9.52. The fraction of sp³-hybridized carbons (Fsp3) is 0.562. The van der Waals surface area contributed by atoms with Crippen LogP contribution < -0.4 is 5.32 Å². The smallest absolute Gasteiger partial charge is 0.256 e. The Morgan fingerprint density at radius 2 is 2.15 bits per heavy atom. The number of piperazine rings is 1. The van der Waals surface area contributed by atoms with E-state index in [9.17, 15) is 4.79 Å². The molecule has 1 amide bonds. The number of rotatable bonds is 3. The van der Waals surface area contributed by atoms with E-state index >= 15 is 0 Å². The molecule has 0 spiro atoms. The average molecular weight is 275 g/mol. The quantitative estimate of drug-likeness (QED) is 0.918. The van der Waals surface area contributed by atoms with Crippen LogP contribution in [0.3, 0.4) is 0 Å². The standard InChI is InChI=1S/C16H25N3O/c1-5-17-15-10-12(2)6-7-14(15)16(20)19-9-8-18(4)13(3)11-19/h6-7,10,13,17H,5,8-9,11H2,1-4H3. The van der Waals surface area contributed by atoms with Gasteiger partial charge in [-0.25, -0.2) is 0 Å². The van der Waals surface area contributed by atoms with Crippen molar-refractivity contribution < 1.29 is 4.79 Å². The summed E-state index contributed by atoms with van der Waals surface area (Å²) in [5, 5.41) is 3.30. The van der Waals surface area contributed by atoms with Crippen LogP contribution in [0.1, 0.15) is 29.8 Å². The number of carbonyl (C=O) groups is 1. The molecule has 0 radical (unpaired) electrons. The van der Waals surface area contributed by atoms with Gasteiger partial charge in [-0.2, -0.15) is 0 Å². The largest absolute Gasteiger partial charge is 0.385 e. The molecule has 0 bridgehead atoms. The van der Waals surface area contributed by atoms with Gasteiger partial charge in [-0.3, -0.25) is 4.79 Å². The number of aryl methyl sites for hydroxylation is 1. The molecule has 1 unspecified atom stereocenters. The monoisotopic (exact) mass is 275 g/mol. The van der Waals surface area contributed by atoms with Gasteiger partial charge in [-0.05, 0) is 45.5 Å². The molecule has 0 saturated carbocycles. The molecule has 1 N–H and O–H groups in total. The molecule has 4 heteroatoms. The third-order valence-corrected chi connectivity index (χ3v) is 4.02. The highest BCUT2D eigenvalue weighted by Gasteiger charge is 2.26. The fourth-order valence-corrected chi connectivity index (χ4v) is 2.58. The van der Waals surface area contributed by atoms with E-state index in [1.54, 1.807) is 0 Å². The molecular formula is C16H25N3O. The molecule has 1 aliphatic heterocycles. The molecule has 1 atom stereocenters. The molecular weight excluding hydrogens is 250 g/mol. The highest BCUT2D eigenvalue weighted by molar-refractivity contribution is 5.99. The Balaban J connectivity index is 2.20. The maximum atomic E-state index is 12.7. The van der Waals surface area contributed by atoms with Crippen molar-refractivity contribution in [2.45, 2.75) is 26.8 Å². The Bertz CT molecular complexity index is 487. The van der Waals surface area contributed by atoms with E-state index in [2.05, 4.69) is 37.2 Å². The summed E-state index contributed by atoms with van der Waals surface area (Å²) in [4.78, 5) is 17.0. The van der Waals surface area contributed by atoms with Gasteiger partial charge in [0.25, 0.3) is 5.91 Å². The van der Waals surface area contributed by atoms with Crippen molar-refractivity contribution in [1.82, 2.24) is 9.80 Å². The summed E-state index contributed by atoms with van der Waals surface area (Å²) in [6.07, 6.45) is 0. The molecule has 1 heterocycles. The Labute approximate surface area is 121 Å². The molecule has 0 aromatic heterocycles. The minimum Gasteiger partial charge on any atom is -0.385 e. The van der Waals surface area contributed by atoms with E-state index in [0.29, 0.717) is 6.04 Å².